The van der Waals surface area contributed by atoms with Crippen LogP contribution in [-0.2, 0) is 0 Å². The maximum absolute atomic E-state index is 11.5. The van der Waals surface area contributed by atoms with Crippen molar-refractivity contribution in [2.45, 2.75) is 13.3 Å². The predicted octanol–water partition coefficient (Wildman–Crippen LogP) is 4.45. The Hall–Kier alpha value is -2.15. The Balaban J connectivity index is 2.11. The first-order valence-electron chi connectivity index (χ1n) is 6.16. The first kappa shape index (κ1) is 12.3. The summed E-state index contributed by atoms with van der Waals surface area (Å²) in [4.78, 5) is 11.5. The molecule has 0 radical (unpaired) electrons. The molecular formula is C17H16O. The van der Waals surface area contributed by atoms with Crippen LogP contribution in [0.5, 0.6) is 0 Å². The van der Waals surface area contributed by atoms with Crippen molar-refractivity contribution in [2.75, 3.05) is 0 Å². The second-order valence-electron chi connectivity index (χ2n) is 4.14. The van der Waals surface area contributed by atoms with Crippen LogP contribution in [0, 0.1) is 0 Å². The summed E-state index contributed by atoms with van der Waals surface area (Å²) < 4.78 is 0. The maximum atomic E-state index is 11.5. The summed E-state index contributed by atoms with van der Waals surface area (Å²) in [6.07, 6.45) is 4.67. The van der Waals surface area contributed by atoms with Gasteiger partial charge in [0.15, 0.2) is 5.78 Å². The predicted molar refractivity (Wildman–Crippen MR) is 76.4 cm³/mol. The molecule has 1 heteroatoms. The zero-order chi connectivity index (χ0) is 12.8. The standard InChI is InChI=1S/C17H16O/c1-2-17(18)16-12-10-15(11-13-16)9-8-14-6-4-3-5-7-14/h3-13H,2H2,1H3/b9-8+. The number of hydrogen-bond donors (Lipinski definition) is 0. The normalized spacial score (nSPS) is 10.7. The van der Waals surface area contributed by atoms with Crippen LogP contribution >= 0.6 is 0 Å². The van der Waals surface area contributed by atoms with Crippen molar-refractivity contribution in [1.82, 2.24) is 0 Å². The van der Waals surface area contributed by atoms with Gasteiger partial charge in [-0.3, -0.25) is 4.79 Å². The molecule has 2 rings (SSSR count). The van der Waals surface area contributed by atoms with Gasteiger partial charge >= 0.3 is 0 Å². The first-order chi connectivity index (χ1) is 8.79. The maximum Gasteiger partial charge on any atom is 0.162 e. The molecule has 0 aliphatic heterocycles. The number of hydrogen-bond acceptors (Lipinski definition) is 1. The van der Waals surface area contributed by atoms with E-state index in [-0.39, 0.29) is 5.78 Å². The largest absolute Gasteiger partial charge is 0.294 e. The molecule has 2 aromatic carbocycles. The zero-order valence-electron chi connectivity index (χ0n) is 10.5. The van der Waals surface area contributed by atoms with E-state index in [1.54, 1.807) is 0 Å². The average Bonchev–Trinajstić information content (AvgIpc) is 2.46. The van der Waals surface area contributed by atoms with Crippen molar-refractivity contribution in [3.8, 4) is 0 Å². The lowest BCUT2D eigenvalue weighted by Gasteiger charge is -1.98. The average molecular weight is 236 g/mol. The molecule has 2 aromatic rings. The molecule has 0 N–H and O–H groups in total. The van der Waals surface area contributed by atoms with Gasteiger partial charge in [-0.1, -0.05) is 73.7 Å². The lowest BCUT2D eigenvalue weighted by atomic mass is 10.1. The van der Waals surface area contributed by atoms with E-state index in [2.05, 4.69) is 24.3 Å². The molecule has 18 heavy (non-hydrogen) atoms. The Morgan fingerprint density at radius 2 is 1.44 bits per heavy atom. The van der Waals surface area contributed by atoms with Gasteiger partial charge in [-0.25, -0.2) is 0 Å². The molecule has 0 bridgehead atoms. The van der Waals surface area contributed by atoms with Gasteiger partial charge < -0.3 is 0 Å². The van der Waals surface area contributed by atoms with E-state index < -0.39 is 0 Å². The summed E-state index contributed by atoms with van der Waals surface area (Å²) in [6.45, 7) is 1.88. The van der Waals surface area contributed by atoms with Crippen molar-refractivity contribution in [3.05, 3.63) is 71.3 Å². The summed E-state index contributed by atoms with van der Waals surface area (Å²) in [7, 11) is 0. The molecule has 0 aliphatic carbocycles. The van der Waals surface area contributed by atoms with Gasteiger partial charge in [-0.15, -0.1) is 0 Å². The third-order valence-electron chi connectivity index (χ3n) is 2.82. The minimum absolute atomic E-state index is 0.189. The summed E-state index contributed by atoms with van der Waals surface area (Å²) in [5.41, 5.74) is 3.06. The zero-order valence-corrected chi connectivity index (χ0v) is 10.5. The molecule has 1 nitrogen and oxygen atoms in total. The molecule has 90 valence electrons. The first-order valence-corrected chi connectivity index (χ1v) is 6.16. The fourth-order valence-electron chi connectivity index (χ4n) is 1.74. The second kappa shape index (κ2) is 5.97. The van der Waals surface area contributed by atoms with Crippen LogP contribution in [0.3, 0.4) is 0 Å². The number of carbonyl (C=O) groups excluding carboxylic acids is 1. The highest BCUT2D eigenvalue weighted by molar-refractivity contribution is 5.96. The van der Waals surface area contributed by atoms with E-state index in [0.717, 1.165) is 11.1 Å². The van der Waals surface area contributed by atoms with Gasteiger partial charge in [-0.05, 0) is 11.1 Å². The van der Waals surface area contributed by atoms with Gasteiger partial charge in [0.1, 0.15) is 0 Å². The van der Waals surface area contributed by atoms with Crippen LogP contribution in [0.15, 0.2) is 54.6 Å². The Bertz CT molecular complexity index is 536. The highest BCUT2D eigenvalue weighted by Crippen LogP contribution is 2.10. The molecule has 0 heterocycles. The molecule has 0 unspecified atom stereocenters. The Labute approximate surface area is 108 Å². The summed E-state index contributed by atoms with van der Waals surface area (Å²) in [5.74, 6) is 0.189. The fourth-order valence-corrected chi connectivity index (χ4v) is 1.74. The number of Topliss-reactive ketones (excluding diaryl/α,β-unsaturated/α-hetero) is 1. The Morgan fingerprint density at radius 1 is 0.889 bits per heavy atom. The molecule has 0 saturated carbocycles. The Morgan fingerprint density at radius 3 is 2.00 bits per heavy atom. The molecule has 0 aliphatic rings. The van der Waals surface area contributed by atoms with E-state index in [1.807, 2.05) is 49.4 Å². The van der Waals surface area contributed by atoms with Crippen LogP contribution in [0.4, 0.5) is 0 Å². The molecule has 0 saturated heterocycles. The van der Waals surface area contributed by atoms with Crippen LogP contribution in [0.25, 0.3) is 12.2 Å². The molecular weight excluding hydrogens is 220 g/mol. The molecule has 0 atom stereocenters. The lowest BCUT2D eigenvalue weighted by Crippen LogP contribution is -1.95. The van der Waals surface area contributed by atoms with Crippen molar-refractivity contribution in [2.24, 2.45) is 0 Å². The van der Waals surface area contributed by atoms with Crippen LogP contribution < -0.4 is 0 Å². The topological polar surface area (TPSA) is 17.1 Å². The van der Waals surface area contributed by atoms with Gasteiger partial charge in [0.2, 0.25) is 0 Å². The smallest absolute Gasteiger partial charge is 0.162 e. The monoisotopic (exact) mass is 236 g/mol. The quantitative estimate of drug-likeness (QED) is 0.566. The Kier molecular flexibility index (Phi) is 4.08. The van der Waals surface area contributed by atoms with E-state index in [1.165, 1.54) is 5.56 Å². The molecule has 0 aromatic heterocycles. The third kappa shape index (κ3) is 3.17. The number of carbonyl (C=O) groups is 1. The summed E-state index contributed by atoms with van der Waals surface area (Å²) in [5, 5.41) is 0. The van der Waals surface area contributed by atoms with Crippen molar-refractivity contribution in [1.29, 1.82) is 0 Å². The van der Waals surface area contributed by atoms with Crippen LogP contribution in [0.1, 0.15) is 34.8 Å². The third-order valence-corrected chi connectivity index (χ3v) is 2.82. The summed E-state index contributed by atoms with van der Waals surface area (Å²) >= 11 is 0. The highest BCUT2D eigenvalue weighted by Gasteiger charge is 2.00. The number of rotatable bonds is 4. The van der Waals surface area contributed by atoms with Crippen LogP contribution in [0.2, 0.25) is 0 Å². The van der Waals surface area contributed by atoms with Crippen molar-refractivity contribution in [3.63, 3.8) is 0 Å². The van der Waals surface area contributed by atoms with Gasteiger partial charge in [0.25, 0.3) is 0 Å². The van der Waals surface area contributed by atoms with Gasteiger partial charge in [0.05, 0.1) is 0 Å². The molecule has 0 amide bonds. The number of ketones is 1. The van der Waals surface area contributed by atoms with E-state index in [4.69, 9.17) is 0 Å². The lowest BCUT2D eigenvalue weighted by molar-refractivity contribution is 0.0988. The SMILES string of the molecule is CCC(=O)c1ccc(/C=C/c2ccccc2)cc1. The number of benzene rings is 2. The van der Waals surface area contributed by atoms with E-state index in [0.29, 0.717) is 6.42 Å². The van der Waals surface area contributed by atoms with E-state index in [9.17, 15) is 4.79 Å². The summed E-state index contributed by atoms with van der Waals surface area (Å²) in [6, 6.07) is 17.9. The van der Waals surface area contributed by atoms with Crippen molar-refractivity contribution < 1.29 is 4.79 Å². The minimum atomic E-state index is 0.189. The minimum Gasteiger partial charge on any atom is -0.294 e. The van der Waals surface area contributed by atoms with Gasteiger partial charge in [0, 0.05) is 12.0 Å². The second-order valence-corrected chi connectivity index (χ2v) is 4.14. The highest BCUT2D eigenvalue weighted by atomic mass is 16.1. The fraction of sp³-hybridized carbons (Fsp3) is 0.118. The van der Waals surface area contributed by atoms with Gasteiger partial charge in [-0.2, -0.15) is 0 Å². The molecule has 0 spiro atoms. The van der Waals surface area contributed by atoms with Crippen molar-refractivity contribution >= 4 is 17.9 Å². The molecule has 0 fully saturated rings. The van der Waals surface area contributed by atoms with Crippen LogP contribution in [-0.4, -0.2) is 5.78 Å². The van der Waals surface area contributed by atoms with E-state index >= 15 is 0 Å².